The maximum Gasteiger partial charge on any atom is 0.455 e. The van der Waals surface area contributed by atoms with Crippen LogP contribution >= 0.6 is 0 Å². The molecule has 2 aromatic rings. The van der Waals surface area contributed by atoms with Gasteiger partial charge in [-0.05, 0) is 32.8 Å². The van der Waals surface area contributed by atoms with Crippen molar-refractivity contribution in [3.63, 3.8) is 0 Å². The van der Waals surface area contributed by atoms with Crippen molar-refractivity contribution in [1.29, 1.82) is 0 Å². The van der Waals surface area contributed by atoms with Crippen molar-refractivity contribution in [2.24, 2.45) is 0 Å². The number of quaternary nitrogens is 1. The number of aliphatic hydroxyl groups is 1. The molecule has 0 aliphatic heterocycles. The van der Waals surface area contributed by atoms with E-state index in [0.29, 0.717) is 11.1 Å². The van der Waals surface area contributed by atoms with Gasteiger partial charge in [-0.15, -0.1) is 0 Å². The number of ether oxygens (including phenoxy) is 1. The van der Waals surface area contributed by atoms with Crippen LogP contribution < -0.4 is 0 Å². The molecule has 1 atom stereocenters. The highest BCUT2D eigenvalue weighted by atomic mass is 16.6. The quantitative estimate of drug-likeness (QED) is 0.502. The summed E-state index contributed by atoms with van der Waals surface area (Å²) < 4.78 is 6.01. The second-order valence-electron chi connectivity index (χ2n) is 8.62. The van der Waals surface area contributed by atoms with Crippen molar-refractivity contribution in [3.05, 3.63) is 71.8 Å². The Balaban J connectivity index is 2.23. The van der Waals surface area contributed by atoms with Gasteiger partial charge in [-0.3, -0.25) is 0 Å². The molecular formula is C24H35N2O3+. The number of aliphatic hydroxyl groups excluding tert-OH is 1. The first-order valence-electron chi connectivity index (χ1n) is 10.3. The third-order valence-electron chi connectivity index (χ3n) is 4.81. The van der Waals surface area contributed by atoms with Gasteiger partial charge in [0.15, 0.2) is 0 Å². The number of hydrogen-bond acceptors (Lipinski definition) is 3. The number of nitrogens with zero attached hydrogens (tertiary/aromatic N) is 2. The fourth-order valence-electron chi connectivity index (χ4n) is 3.47. The molecule has 1 amide bonds. The summed E-state index contributed by atoms with van der Waals surface area (Å²) in [6, 6.07) is 20.5. The number of rotatable bonds is 9. The van der Waals surface area contributed by atoms with E-state index in [-0.39, 0.29) is 13.2 Å². The Morgan fingerprint density at radius 2 is 1.55 bits per heavy atom. The molecule has 0 radical (unpaired) electrons. The van der Waals surface area contributed by atoms with Gasteiger partial charge < -0.3 is 9.84 Å². The second kappa shape index (κ2) is 10.4. The monoisotopic (exact) mass is 399 g/mol. The van der Waals surface area contributed by atoms with Crippen LogP contribution in [-0.4, -0.2) is 53.1 Å². The van der Waals surface area contributed by atoms with Gasteiger partial charge in [0.05, 0.1) is 20.2 Å². The highest BCUT2D eigenvalue weighted by molar-refractivity contribution is 5.66. The Morgan fingerprint density at radius 3 is 2.07 bits per heavy atom. The Morgan fingerprint density at radius 1 is 1.00 bits per heavy atom. The molecular weight excluding hydrogens is 364 g/mol. The fraction of sp³-hybridized carbons (Fsp3) is 0.458. The van der Waals surface area contributed by atoms with Crippen molar-refractivity contribution in [1.82, 2.24) is 5.01 Å². The number of aryl methyl sites for hydroxylation is 1. The molecule has 0 aliphatic rings. The molecule has 0 fully saturated rings. The van der Waals surface area contributed by atoms with E-state index in [1.807, 2.05) is 64.2 Å². The molecule has 0 aromatic heterocycles. The Bertz CT molecular complexity index is 744. The van der Waals surface area contributed by atoms with Crippen LogP contribution in [0.5, 0.6) is 0 Å². The predicted octanol–water partition coefficient (Wildman–Crippen LogP) is 4.41. The zero-order valence-corrected chi connectivity index (χ0v) is 18.2. The molecule has 0 spiro atoms. The molecule has 0 saturated heterocycles. The predicted molar refractivity (Wildman–Crippen MR) is 116 cm³/mol. The minimum Gasteiger partial charge on any atom is -0.441 e. The normalized spacial score (nSPS) is 13.6. The van der Waals surface area contributed by atoms with Crippen LogP contribution in [0.1, 0.15) is 38.3 Å². The first-order valence-corrected chi connectivity index (χ1v) is 10.3. The number of benzene rings is 2. The average Bonchev–Trinajstić information content (AvgIpc) is 2.66. The van der Waals surface area contributed by atoms with Crippen molar-refractivity contribution < 1.29 is 19.2 Å². The maximum absolute atomic E-state index is 13.0. The molecule has 0 aliphatic carbocycles. The van der Waals surface area contributed by atoms with Gasteiger partial charge in [-0.1, -0.05) is 60.7 Å². The third kappa shape index (κ3) is 7.52. The summed E-state index contributed by atoms with van der Waals surface area (Å²) in [5.74, 6) is 0. The summed E-state index contributed by atoms with van der Waals surface area (Å²) in [5, 5.41) is 11.3. The Labute approximate surface area is 175 Å². The molecule has 0 saturated carbocycles. The van der Waals surface area contributed by atoms with E-state index >= 15 is 0 Å². The maximum atomic E-state index is 13.0. The van der Waals surface area contributed by atoms with Crippen LogP contribution in [0.25, 0.3) is 0 Å². The highest BCUT2D eigenvalue weighted by Crippen LogP contribution is 2.21. The van der Waals surface area contributed by atoms with E-state index in [1.54, 1.807) is 5.01 Å². The Kier molecular flexibility index (Phi) is 8.23. The zero-order valence-electron chi connectivity index (χ0n) is 18.2. The zero-order chi connectivity index (χ0) is 21.3. The van der Waals surface area contributed by atoms with Crippen molar-refractivity contribution in [3.8, 4) is 0 Å². The summed E-state index contributed by atoms with van der Waals surface area (Å²) >= 11 is 0. The third-order valence-corrected chi connectivity index (χ3v) is 4.81. The van der Waals surface area contributed by atoms with Crippen molar-refractivity contribution in [2.75, 3.05) is 26.7 Å². The molecule has 2 aromatic carbocycles. The van der Waals surface area contributed by atoms with Crippen LogP contribution in [0.4, 0.5) is 4.79 Å². The van der Waals surface area contributed by atoms with Gasteiger partial charge in [0.1, 0.15) is 18.7 Å². The van der Waals surface area contributed by atoms with E-state index in [2.05, 4.69) is 24.3 Å². The van der Waals surface area contributed by atoms with Gasteiger partial charge in [0.25, 0.3) is 0 Å². The number of hydrogen-bond donors (Lipinski definition) is 1. The van der Waals surface area contributed by atoms with Gasteiger partial charge in [-0.2, -0.15) is 5.01 Å². The molecule has 0 bridgehead atoms. The summed E-state index contributed by atoms with van der Waals surface area (Å²) in [7, 11) is 2.04. The van der Waals surface area contributed by atoms with Crippen LogP contribution in [-0.2, 0) is 17.7 Å². The smallest absolute Gasteiger partial charge is 0.441 e. The number of carbonyl (C=O) groups is 1. The fourth-order valence-corrected chi connectivity index (χ4v) is 3.47. The average molecular weight is 400 g/mol. The SMILES string of the molecule is CC(C)(C)OC(=O)N(CCO)[N@@+](C)(CCCc1ccccc1)Cc1ccccc1. The number of amides is 1. The lowest BCUT2D eigenvalue weighted by molar-refractivity contribution is -1.02. The molecule has 5 heteroatoms. The summed E-state index contributed by atoms with van der Waals surface area (Å²) in [6.07, 6.45) is 1.45. The van der Waals surface area contributed by atoms with Crippen LogP contribution in [0.15, 0.2) is 60.7 Å². The minimum absolute atomic E-state index is 0.111. The second-order valence-corrected chi connectivity index (χ2v) is 8.62. The largest absolute Gasteiger partial charge is 0.455 e. The lowest BCUT2D eigenvalue weighted by Gasteiger charge is -2.42. The molecule has 2 rings (SSSR count). The molecule has 1 N–H and O–H groups in total. The summed E-state index contributed by atoms with van der Waals surface area (Å²) in [4.78, 5) is 13.0. The standard InChI is InChI=1S/C24H35N2O3/c1-24(2,3)29-23(28)25(17-19-27)26(4,20-22-14-9-6-10-15-22)18-11-16-21-12-7-5-8-13-21/h5-10,12-15,27H,11,16-20H2,1-4H3/q+1/t26-/m0/s1. The first kappa shape index (κ1) is 22.9. The molecule has 0 heterocycles. The van der Waals surface area contributed by atoms with Crippen LogP contribution in [0.3, 0.4) is 0 Å². The number of carbonyl (C=O) groups excluding carboxylic acids is 1. The summed E-state index contributed by atoms with van der Waals surface area (Å²) in [5.41, 5.74) is 1.83. The molecule has 0 unspecified atom stereocenters. The highest BCUT2D eigenvalue weighted by Gasteiger charge is 2.37. The van der Waals surface area contributed by atoms with Crippen molar-refractivity contribution in [2.45, 2.75) is 45.8 Å². The van der Waals surface area contributed by atoms with Gasteiger partial charge in [0, 0.05) is 12.0 Å². The van der Waals surface area contributed by atoms with Gasteiger partial charge in [0.2, 0.25) is 0 Å². The van der Waals surface area contributed by atoms with E-state index < -0.39 is 11.7 Å². The van der Waals surface area contributed by atoms with Crippen molar-refractivity contribution >= 4 is 6.09 Å². The van der Waals surface area contributed by atoms with Crippen LogP contribution in [0.2, 0.25) is 0 Å². The van der Waals surface area contributed by atoms with Gasteiger partial charge >= 0.3 is 6.09 Å². The molecule has 29 heavy (non-hydrogen) atoms. The van der Waals surface area contributed by atoms with Crippen LogP contribution in [0, 0.1) is 0 Å². The van der Waals surface area contributed by atoms with E-state index in [0.717, 1.165) is 24.9 Å². The van der Waals surface area contributed by atoms with E-state index in [1.165, 1.54) is 5.56 Å². The molecule has 158 valence electrons. The topological polar surface area (TPSA) is 49.8 Å². The Hall–Kier alpha value is -2.37. The lowest BCUT2D eigenvalue weighted by atomic mass is 10.1. The summed E-state index contributed by atoms with van der Waals surface area (Å²) in [6.45, 7) is 7.10. The lowest BCUT2D eigenvalue weighted by Crippen LogP contribution is -2.61. The first-order chi connectivity index (χ1) is 13.7. The van der Waals surface area contributed by atoms with E-state index in [9.17, 15) is 9.90 Å². The van der Waals surface area contributed by atoms with Gasteiger partial charge in [-0.25, -0.2) is 9.39 Å². The van der Waals surface area contributed by atoms with E-state index in [4.69, 9.17) is 4.74 Å². The minimum atomic E-state index is -0.591. The molecule has 5 nitrogen and oxygen atoms in total.